The van der Waals surface area contributed by atoms with Gasteiger partial charge < -0.3 is 5.73 Å². The highest BCUT2D eigenvalue weighted by Crippen LogP contribution is 2.31. The lowest BCUT2D eigenvalue weighted by Crippen LogP contribution is -2.08. The Bertz CT molecular complexity index is 474. The third-order valence-electron chi connectivity index (χ3n) is 3.28. The summed E-state index contributed by atoms with van der Waals surface area (Å²) < 4.78 is 0. The summed E-state index contributed by atoms with van der Waals surface area (Å²) in [7, 11) is 0. The SMILES string of the molecule is Cc1ccc(C(CCN)c2cccs2)cc1C. The Hall–Kier alpha value is -1.12. The van der Waals surface area contributed by atoms with Crippen molar-refractivity contribution in [3.8, 4) is 0 Å². The van der Waals surface area contributed by atoms with Gasteiger partial charge in [0.1, 0.15) is 0 Å². The van der Waals surface area contributed by atoms with Gasteiger partial charge in [-0.2, -0.15) is 0 Å². The molecule has 0 saturated heterocycles. The first-order chi connectivity index (χ1) is 8.22. The van der Waals surface area contributed by atoms with Gasteiger partial charge in [0.15, 0.2) is 0 Å². The Balaban J connectivity index is 2.35. The van der Waals surface area contributed by atoms with E-state index in [9.17, 15) is 0 Å². The van der Waals surface area contributed by atoms with E-state index in [-0.39, 0.29) is 0 Å². The number of thiophene rings is 1. The number of aryl methyl sites for hydroxylation is 2. The maximum atomic E-state index is 5.75. The zero-order valence-electron chi connectivity index (χ0n) is 10.4. The first-order valence-corrected chi connectivity index (χ1v) is 6.91. The van der Waals surface area contributed by atoms with Crippen molar-refractivity contribution in [1.29, 1.82) is 0 Å². The number of rotatable bonds is 4. The van der Waals surface area contributed by atoms with Gasteiger partial charge in [0.05, 0.1) is 0 Å². The van der Waals surface area contributed by atoms with Gasteiger partial charge in [0.25, 0.3) is 0 Å². The number of hydrogen-bond acceptors (Lipinski definition) is 2. The van der Waals surface area contributed by atoms with Crippen LogP contribution in [0.25, 0.3) is 0 Å². The summed E-state index contributed by atoms with van der Waals surface area (Å²) in [5.74, 6) is 0.458. The molecule has 1 nitrogen and oxygen atoms in total. The minimum absolute atomic E-state index is 0.458. The molecule has 0 aliphatic carbocycles. The van der Waals surface area contributed by atoms with Crippen molar-refractivity contribution in [3.05, 3.63) is 57.3 Å². The highest BCUT2D eigenvalue weighted by molar-refractivity contribution is 7.10. The highest BCUT2D eigenvalue weighted by atomic mass is 32.1. The molecule has 0 saturated carbocycles. The molecular formula is C15H19NS. The summed E-state index contributed by atoms with van der Waals surface area (Å²) in [6.07, 6.45) is 1.02. The van der Waals surface area contributed by atoms with Crippen LogP contribution < -0.4 is 5.73 Å². The predicted octanol–water partition coefficient (Wildman–Crippen LogP) is 3.85. The first-order valence-electron chi connectivity index (χ1n) is 6.03. The molecule has 0 radical (unpaired) electrons. The Morgan fingerprint density at radius 2 is 2.00 bits per heavy atom. The maximum Gasteiger partial charge on any atom is 0.0196 e. The van der Waals surface area contributed by atoms with Crippen LogP contribution in [0.4, 0.5) is 0 Å². The second-order valence-electron chi connectivity index (χ2n) is 4.49. The summed E-state index contributed by atoms with van der Waals surface area (Å²) in [4.78, 5) is 1.42. The number of hydrogen-bond donors (Lipinski definition) is 1. The summed E-state index contributed by atoms with van der Waals surface area (Å²) in [5.41, 5.74) is 9.85. The topological polar surface area (TPSA) is 26.0 Å². The molecule has 0 aliphatic heterocycles. The molecule has 1 unspecified atom stereocenters. The Kier molecular flexibility index (Phi) is 3.97. The van der Waals surface area contributed by atoms with Gasteiger partial charge in [-0.05, 0) is 54.9 Å². The highest BCUT2D eigenvalue weighted by Gasteiger charge is 2.14. The van der Waals surface area contributed by atoms with Crippen LogP contribution in [-0.2, 0) is 0 Å². The van der Waals surface area contributed by atoms with Crippen LogP contribution >= 0.6 is 11.3 Å². The fraction of sp³-hybridized carbons (Fsp3) is 0.333. The fourth-order valence-electron chi connectivity index (χ4n) is 2.11. The van der Waals surface area contributed by atoms with Crippen molar-refractivity contribution < 1.29 is 0 Å². The Morgan fingerprint density at radius 1 is 1.18 bits per heavy atom. The predicted molar refractivity (Wildman–Crippen MR) is 75.7 cm³/mol. The molecule has 1 heterocycles. The van der Waals surface area contributed by atoms with Crippen molar-refractivity contribution in [3.63, 3.8) is 0 Å². The van der Waals surface area contributed by atoms with Crippen LogP contribution in [-0.4, -0.2) is 6.54 Å². The van der Waals surface area contributed by atoms with Crippen LogP contribution in [0.1, 0.15) is 33.9 Å². The van der Waals surface area contributed by atoms with Gasteiger partial charge in [-0.15, -0.1) is 11.3 Å². The second-order valence-corrected chi connectivity index (χ2v) is 5.47. The molecule has 0 amide bonds. The van der Waals surface area contributed by atoms with Crippen LogP contribution in [0.2, 0.25) is 0 Å². The van der Waals surface area contributed by atoms with Gasteiger partial charge in [-0.25, -0.2) is 0 Å². The molecule has 17 heavy (non-hydrogen) atoms. The van der Waals surface area contributed by atoms with Crippen molar-refractivity contribution in [2.45, 2.75) is 26.2 Å². The van der Waals surface area contributed by atoms with Crippen molar-refractivity contribution >= 4 is 11.3 Å². The van der Waals surface area contributed by atoms with Crippen molar-refractivity contribution in [2.24, 2.45) is 5.73 Å². The van der Waals surface area contributed by atoms with E-state index >= 15 is 0 Å². The van der Waals surface area contributed by atoms with Crippen LogP contribution in [0.3, 0.4) is 0 Å². The van der Waals surface area contributed by atoms with Gasteiger partial charge in [0.2, 0.25) is 0 Å². The Morgan fingerprint density at radius 3 is 2.59 bits per heavy atom. The molecule has 1 aromatic heterocycles. The average Bonchev–Trinajstić information content (AvgIpc) is 2.83. The lowest BCUT2D eigenvalue weighted by molar-refractivity contribution is 0.736. The third kappa shape index (κ3) is 2.76. The molecule has 2 heteroatoms. The monoisotopic (exact) mass is 245 g/mol. The van der Waals surface area contributed by atoms with Gasteiger partial charge in [-0.1, -0.05) is 24.3 Å². The molecular weight excluding hydrogens is 226 g/mol. The maximum absolute atomic E-state index is 5.75. The summed E-state index contributed by atoms with van der Waals surface area (Å²) in [6, 6.07) is 11.1. The van der Waals surface area contributed by atoms with E-state index < -0.39 is 0 Å². The fourth-order valence-corrected chi connectivity index (χ4v) is 3.00. The van der Waals surface area contributed by atoms with E-state index in [1.807, 2.05) is 11.3 Å². The zero-order chi connectivity index (χ0) is 12.3. The summed E-state index contributed by atoms with van der Waals surface area (Å²) in [6.45, 7) is 5.06. The van der Waals surface area contributed by atoms with E-state index in [1.54, 1.807) is 0 Å². The van der Waals surface area contributed by atoms with Gasteiger partial charge >= 0.3 is 0 Å². The summed E-state index contributed by atoms with van der Waals surface area (Å²) in [5, 5.41) is 2.14. The van der Waals surface area contributed by atoms with E-state index in [4.69, 9.17) is 5.73 Å². The molecule has 0 fully saturated rings. The molecule has 0 aliphatic rings. The third-order valence-corrected chi connectivity index (χ3v) is 4.26. The lowest BCUT2D eigenvalue weighted by Gasteiger charge is -2.16. The molecule has 2 aromatic rings. The molecule has 90 valence electrons. The molecule has 2 N–H and O–H groups in total. The van der Waals surface area contributed by atoms with Crippen LogP contribution in [0.15, 0.2) is 35.7 Å². The first kappa shape index (κ1) is 12.3. The molecule has 0 bridgehead atoms. The van der Waals surface area contributed by atoms with Gasteiger partial charge in [0, 0.05) is 10.8 Å². The van der Waals surface area contributed by atoms with Gasteiger partial charge in [-0.3, -0.25) is 0 Å². The second kappa shape index (κ2) is 5.48. The smallest absolute Gasteiger partial charge is 0.0196 e. The van der Waals surface area contributed by atoms with E-state index in [2.05, 4.69) is 49.6 Å². The summed E-state index contributed by atoms with van der Waals surface area (Å²) >= 11 is 1.82. The lowest BCUT2D eigenvalue weighted by atomic mass is 9.92. The Labute approximate surface area is 107 Å². The minimum atomic E-state index is 0.458. The average molecular weight is 245 g/mol. The largest absolute Gasteiger partial charge is 0.330 e. The molecule has 0 spiro atoms. The van der Waals surface area contributed by atoms with E-state index in [0.717, 1.165) is 13.0 Å². The van der Waals surface area contributed by atoms with Crippen molar-refractivity contribution in [1.82, 2.24) is 0 Å². The zero-order valence-corrected chi connectivity index (χ0v) is 11.3. The normalized spacial score (nSPS) is 12.6. The quantitative estimate of drug-likeness (QED) is 0.870. The molecule has 2 rings (SSSR count). The van der Waals surface area contributed by atoms with Crippen LogP contribution in [0, 0.1) is 13.8 Å². The van der Waals surface area contributed by atoms with E-state index in [0.29, 0.717) is 5.92 Å². The molecule has 1 atom stereocenters. The number of nitrogens with two attached hydrogens (primary N) is 1. The minimum Gasteiger partial charge on any atom is -0.330 e. The van der Waals surface area contributed by atoms with Crippen molar-refractivity contribution in [2.75, 3.05) is 6.54 Å². The van der Waals surface area contributed by atoms with Crippen LogP contribution in [0.5, 0.6) is 0 Å². The van der Waals surface area contributed by atoms with E-state index in [1.165, 1.54) is 21.6 Å². The molecule has 1 aromatic carbocycles. The standard InChI is InChI=1S/C15H19NS/c1-11-5-6-13(10-12(11)2)14(7-8-16)15-4-3-9-17-15/h3-6,9-10,14H,7-8,16H2,1-2H3. The number of benzene rings is 1.